The van der Waals surface area contributed by atoms with Gasteiger partial charge in [-0.2, -0.15) is 5.10 Å². The Hall–Kier alpha value is -3.61. The van der Waals surface area contributed by atoms with E-state index in [-0.39, 0.29) is 0 Å². The summed E-state index contributed by atoms with van der Waals surface area (Å²) in [6.07, 6.45) is 0. The van der Waals surface area contributed by atoms with Gasteiger partial charge in [0.25, 0.3) is 0 Å². The van der Waals surface area contributed by atoms with Crippen molar-refractivity contribution in [3.05, 3.63) is 53.3 Å². The molecule has 4 aromatic rings. The van der Waals surface area contributed by atoms with Crippen LogP contribution in [0.1, 0.15) is 21.7 Å². The Morgan fingerprint density at radius 1 is 1.07 bits per heavy atom. The summed E-state index contributed by atoms with van der Waals surface area (Å²) in [7, 11) is 3.21. The van der Waals surface area contributed by atoms with E-state index in [1.54, 1.807) is 32.4 Å². The lowest BCUT2D eigenvalue weighted by Crippen LogP contribution is -2.11. The van der Waals surface area contributed by atoms with Crippen molar-refractivity contribution >= 4 is 27.7 Å². The zero-order valence-corrected chi connectivity index (χ0v) is 16.1. The van der Waals surface area contributed by atoms with Gasteiger partial charge in [0, 0.05) is 28.1 Å². The number of benzene rings is 2. The fourth-order valence-electron chi connectivity index (χ4n) is 3.56. The molecule has 0 fully saturated rings. The average molecular weight is 376 g/mol. The summed E-state index contributed by atoms with van der Waals surface area (Å²) in [6.45, 7) is 3.89. The number of rotatable bonds is 4. The number of pyridine rings is 1. The minimum atomic E-state index is -0.485. The standard InChI is InChI=1S/C21H20N4O3/c1-11-18-12(2)24-25(14-7-5-6-13(8-14)21(22)26)20(18)16-9-15(27-3)10-17(28-4)19(16)23-11/h5-10H,1-4H3,(H2,22,26). The third-order valence-corrected chi connectivity index (χ3v) is 4.84. The summed E-state index contributed by atoms with van der Waals surface area (Å²) < 4.78 is 12.8. The zero-order valence-electron chi connectivity index (χ0n) is 16.1. The predicted octanol–water partition coefficient (Wildman–Crippen LogP) is 3.31. The molecule has 7 nitrogen and oxygen atoms in total. The molecule has 1 amide bonds. The largest absolute Gasteiger partial charge is 0.497 e. The second kappa shape index (κ2) is 6.53. The van der Waals surface area contributed by atoms with Crippen LogP contribution in [0.3, 0.4) is 0 Å². The number of aryl methyl sites for hydroxylation is 2. The molecule has 0 unspecified atom stereocenters. The Balaban J connectivity index is 2.16. The van der Waals surface area contributed by atoms with Crippen molar-refractivity contribution in [2.75, 3.05) is 14.2 Å². The van der Waals surface area contributed by atoms with E-state index in [0.717, 1.165) is 38.9 Å². The third kappa shape index (κ3) is 2.63. The normalized spacial score (nSPS) is 11.1. The number of carbonyl (C=O) groups is 1. The Labute approximate surface area is 161 Å². The smallest absolute Gasteiger partial charge is 0.248 e. The van der Waals surface area contributed by atoms with E-state index in [4.69, 9.17) is 25.3 Å². The maximum Gasteiger partial charge on any atom is 0.248 e. The molecule has 0 saturated heterocycles. The molecule has 2 N–H and O–H groups in total. The van der Waals surface area contributed by atoms with Gasteiger partial charge in [-0.05, 0) is 38.1 Å². The molecule has 28 heavy (non-hydrogen) atoms. The van der Waals surface area contributed by atoms with E-state index >= 15 is 0 Å². The summed E-state index contributed by atoms with van der Waals surface area (Å²) in [4.78, 5) is 16.4. The van der Waals surface area contributed by atoms with Gasteiger partial charge in [0.05, 0.1) is 31.1 Å². The molecule has 0 aliphatic heterocycles. The van der Waals surface area contributed by atoms with Crippen LogP contribution in [-0.4, -0.2) is 34.9 Å². The fourth-order valence-corrected chi connectivity index (χ4v) is 3.56. The van der Waals surface area contributed by atoms with Crippen LogP contribution in [-0.2, 0) is 0 Å². The van der Waals surface area contributed by atoms with Crippen LogP contribution in [0.25, 0.3) is 27.5 Å². The van der Waals surface area contributed by atoms with Crippen LogP contribution in [0.2, 0.25) is 0 Å². The predicted molar refractivity (Wildman–Crippen MR) is 107 cm³/mol. The molecule has 2 aromatic carbocycles. The van der Waals surface area contributed by atoms with Crippen LogP contribution in [0.15, 0.2) is 36.4 Å². The first kappa shape index (κ1) is 17.8. The molecule has 0 aliphatic rings. The molecule has 0 bridgehead atoms. The topological polar surface area (TPSA) is 92.3 Å². The van der Waals surface area contributed by atoms with Gasteiger partial charge in [0.2, 0.25) is 5.91 Å². The summed E-state index contributed by atoms with van der Waals surface area (Å²) in [5, 5.41) is 6.53. The first-order valence-electron chi connectivity index (χ1n) is 8.76. The zero-order chi connectivity index (χ0) is 20.0. The maximum absolute atomic E-state index is 11.6. The number of methoxy groups -OCH3 is 2. The number of amides is 1. The highest BCUT2D eigenvalue weighted by atomic mass is 16.5. The van der Waals surface area contributed by atoms with Gasteiger partial charge in [-0.3, -0.25) is 4.79 Å². The first-order chi connectivity index (χ1) is 13.4. The highest BCUT2D eigenvalue weighted by Crippen LogP contribution is 2.37. The van der Waals surface area contributed by atoms with Crippen molar-refractivity contribution in [2.24, 2.45) is 5.73 Å². The molecule has 0 saturated carbocycles. The lowest BCUT2D eigenvalue weighted by Gasteiger charge is -2.12. The summed E-state index contributed by atoms with van der Waals surface area (Å²) >= 11 is 0. The Morgan fingerprint density at radius 3 is 2.54 bits per heavy atom. The summed E-state index contributed by atoms with van der Waals surface area (Å²) in [6, 6.07) is 10.8. The van der Waals surface area contributed by atoms with Crippen molar-refractivity contribution in [3.63, 3.8) is 0 Å². The number of primary amides is 1. The molecule has 4 rings (SSSR count). The second-order valence-electron chi connectivity index (χ2n) is 6.56. The average Bonchev–Trinajstić information content (AvgIpc) is 3.05. The molecular formula is C21H20N4O3. The number of nitrogens with zero attached hydrogens (tertiary/aromatic N) is 3. The van der Waals surface area contributed by atoms with Gasteiger partial charge in [-0.25, -0.2) is 9.67 Å². The third-order valence-electron chi connectivity index (χ3n) is 4.84. The molecule has 142 valence electrons. The van der Waals surface area contributed by atoms with Crippen molar-refractivity contribution in [1.29, 1.82) is 0 Å². The SMILES string of the molecule is COc1cc(OC)c2nc(C)c3c(C)nn(-c4cccc(C(N)=O)c4)c3c2c1. The molecule has 0 atom stereocenters. The van der Waals surface area contributed by atoms with E-state index in [1.807, 2.05) is 36.7 Å². The van der Waals surface area contributed by atoms with Crippen LogP contribution in [0.4, 0.5) is 0 Å². The molecule has 0 aliphatic carbocycles. The monoisotopic (exact) mass is 376 g/mol. The van der Waals surface area contributed by atoms with Crippen molar-refractivity contribution in [3.8, 4) is 17.2 Å². The molecule has 0 spiro atoms. The van der Waals surface area contributed by atoms with Crippen LogP contribution >= 0.6 is 0 Å². The number of ether oxygens (including phenoxy) is 2. The molecular weight excluding hydrogens is 356 g/mol. The van der Waals surface area contributed by atoms with Crippen molar-refractivity contribution in [1.82, 2.24) is 14.8 Å². The van der Waals surface area contributed by atoms with E-state index in [9.17, 15) is 4.79 Å². The molecule has 0 radical (unpaired) electrons. The lowest BCUT2D eigenvalue weighted by molar-refractivity contribution is 0.1000. The minimum absolute atomic E-state index is 0.420. The quantitative estimate of drug-likeness (QED) is 0.590. The highest BCUT2D eigenvalue weighted by Gasteiger charge is 2.19. The Kier molecular flexibility index (Phi) is 4.15. The van der Waals surface area contributed by atoms with Gasteiger partial charge in [-0.1, -0.05) is 6.07 Å². The van der Waals surface area contributed by atoms with E-state index in [1.165, 1.54) is 0 Å². The van der Waals surface area contributed by atoms with Gasteiger partial charge >= 0.3 is 0 Å². The van der Waals surface area contributed by atoms with Gasteiger partial charge in [-0.15, -0.1) is 0 Å². The van der Waals surface area contributed by atoms with Crippen LogP contribution in [0, 0.1) is 13.8 Å². The van der Waals surface area contributed by atoms with Gasteiger partial charge < -0.3 is 15.2 Å². The Morgan fingerprint density at radius 2 is 1.86 bits per heavy atom. The number of hydrogen-bond donors (Lipinski definition) is 1. The lowest BCUT2D eigenvalue weighted by atomic mass is 10.1. The van der Waals surface area contributed by atoms with E-state index < -0.39 is 5.91 Å². The molecule has 7 heteroatoms. The Bertz CT molecular complexity index is 1240. The van der Waals surface area contributed by atoms with Crippen LogP contribution < -0.4 is 15.2 Å². The summed E-state index contributed by atoms with van der Waals surface area (Å²) in [5.74, 6) is 0.796. The highest BCUT2D eigenvalue weighted by molar-refractivity contribution is 6.08. The second-order valence-corrected chi connectivity index (χ2v) is 6.56. The van der Waals surface area contributed by atoms with Crippen LogP contribution in [0.5, 0.6) is 11.5 Å². The van der Waals surface area contributed by atoms with Gasteiger partial charge in [0.1, 0.15) is 17.0 Å². The maximum atomic E-state index is 11.6. The summed E-state index contributed by atoms with van der Waals surface area (Å²) in [5.41, 5.74) is 9.90. The number of hydrogen-bond acceptors (Lipinski definition) is 5. The van der Waals surface area contributed by atoms with Crippen molar-refractivity contribution < 1.29 is 14.3 Å². The number of fused-ring (bicyclic) bond motifs is 3. The number of nitrogens with two attached hydrogens (primary N) is 1. The number of carbonyl (C=O) groups excluding carboxylic acids is 1. The molecule has 2 aromatic heterocycles. The van der Waals surface area contributed by atoms with E-state index in [2.05, 4.69) is 0 Å². The molecule has 2 heterocycles. The number of aromatic nitrogens is 3. The van der Waals surface area contributed by atoms with Crippen molar-refractivity contribution in [2.45, 2.75) is 13.8 Å². The van der Waals surface area contributed by atoms with E-state index in [0.29, 0.717) is 17.1 Å². The minimum Gasteiger partial charge on any atom is -0.497 e. The fraction of sp³-hybridized carbons (Fsp3) is 0.190. The van der Waals surface area contributed by atoms with Gasteiger partial charge in [0.15, 0.2) is 0 Å². The first-order valence-corrected chi connectivity index (χ1v) is 8.76.